The lowest BCUT2D eigenvalue weighted by Crippen LogP contribution is -2.51. The third-order valence-electron chi connectivity index (χ3n) is 7.06. The minimum Gasteiger partial charge on any atom is -0.497 e. The third-order valence-corrected chi connectivity index (χ3v) is 8.91. The Morgan fingerprint density at radius 1 is 1.07 bits per heavy atom. The SMILES string of the molecule is COc1ccc(S(=O)(=O)N(CC(C)C)C[C@@H](O)[C@H](Cc2ccccc2)NC(=O)OCCO[C@H]2OC[C@@H](OC)[C@H]2C)cc1. The van der Waals surface area contributed by atoms with E-state index in [-0.39, 0.29) is 55.6 Å². The molecule has 0 aromatic heterocycles. The number of benzene rings is 2. The van der Waals surface area contributed by atoms with E-state index in [0.29, 0.717) is 12.4 Å². The van der Waals surface area contributed by atoms with Gasteiger partial charge in [-0.05, 0) is 42.2 Å². The van der Waals surface area contributed by atoms with Gasteiger partial charge in [0.05, 0.1) is 43.5 Å². The molecule has 11 nitrogen and oxygen atoms in total. The first-order valence-electron chi connectivity index (χ1n) is 14.1. The Bertz CT molecular complexity index is 1200. The minimum absolute atomic E-state index is 0.0125. The molecule has 0 bridgehead atoms. The van der Waals surface area contributed by atoms with Crippen LogP contribution in [-0.4, -0.2) is 95.6 Å². The lowest BCUT2D eigenvalue weighted by molar-refractivity contribution is -0.134. The maximum Gasteiger partial charge on any atom is 0.407 e. The van der Waals surface area contributed by atoms with Crippen molar-refractivity contribution in [2.45, 2.75) is 56.6 Å². The van der Waals surface area contributed by atoms with Crippen LogP contribution in [-0.2, 0) is 35.4 Å². The molecule has 42 heavy (non-hydrogen) atoms. The van der Waals surface area contributed by atoms with Crippen LogP contribution in [0, 0.1) is 11.8 Å². The highest BCUT2D eigenvalue weighted by Gasteiger charge is 2.35. The molecule has 1 saturated heterocycles. The van der Waals surface area contributed by atoms with E-state index in [9.17, 15) is 18.3 Å². The Morgan fingerprint density at radius 2 is 1.76 bits per heavy atom. The van der Waals surface area contributed by atoms with Crippen molar-refractivity contribution in [3.63, 3.8) is 0 Å². The minimum atomic E-state index is -3.95. The maximum atomic E-state index is 13.6. The van der Waals surface area contributed by atoms with Crippen molar-refractivity contribution >= 4 is 16.1 Å². The van der Waals surface area contributed by atoms with Crippen molar-refractivity contribution < 1.29 is 42.0 Å². The summed E-state index contributed by atoms with van der Waals surface area (Å²) in [7, 11) is -0.824. The van der Waals surface area contributed by atoms with Gasteiger partial charge < -0.3 is 34.1 Å². The zero-order valence-electron chi connectivity index (χ0n) is 25.0. The molecule has 1 amide bonds. The lowest BCUT2D eigenvalue weighted by Gasteiger charge is -2.30. The summed E-state index contributed by atoms with van der Waals surface area (Å²) in [5.41, 5.74) is 0.860. The third kappa shape index (κ3) is 9.65. The number of alkyl carbamates (subject to hydrolysis) is 1. The number of nitrogens with one attached hydrogen (secondary N) is 1. The average Bonchev–Trinajstić information content (AvgIpc) is 3.33. The van der Waals surface area contributed by atoms with Crippen molar-refractivity contribution in [2.75, 3.05) is 47.1 Å². The molecule has 1 aliphatic heterocycles. The second-order valence-corrected chi connectivity index (χ2v) is 12.7. The number of aliphatic hydroxyl groups excluding tert-OH is 1. The molecule has 2 N–H and O–H groups in total. The Kier molecular flexibility index (Phi) is 13.0. The van der Waals surface area contributed by atoms with Gasteiger partial charge in [-0.25, -0.2) is 13.2 Å². The molecule has 234 valence electrons. The molecule has 2 aromatic rings. The summed E-state index contributed by atoms with van der Waals surface area (Å²) in [6, 6.07) is 14.6. The van der Waals surface area contributed by atoms with Crippen molar-refractivity contribution in [1.29, 1.82) is 0 Å². The van der Waals surface area contributed by atoms with Gasteiger partial charge in [-0.2, -0.15) is 4.31 Å². The molecule has 1 fully saturated rings. The predicted octanol–water partition coefficient (Wildman–Crippen LogP) is 3.06. The summed E-state index contributed by atoms with van der Waals surface area (Å²) in [5, 5.41) is 14.1. The number of rotatable bonds is 16. The largest absolute Gasteiger partial charge is 0.497 e. The number of amides is 1. The van der Waals surface area contributed by atoms with Gasteiger partial charge in [0.1, 0.15) is 12.4 Å². The number of ether oxygens (including phenoxy) is 5. The van der Waals surface area contributed by atoms with Crippen LogP contribution in [0.5, 0.6) is 5.75 Å². The predicted molar refractivity (Wildman–Crippen MR) is 157 cm³/mol. The van der Waals surface area contributed by atoms with Crippen molar-refractivity contribution in [1.82, 2.24) is 9.62 Å². The molecular formula is C30H44N2O9S. The van der Waals surface area contributed by atoms with Gasteiger partial charge >= 0.3 is 6.09 Å². The van der Waals surface area contributed by atoms with Crippen molar-refractivity contribution in [3.8, 4) is 5.75 Å². The number of hydrogen-bond donors (Lipinski definition) is 2. The molecular weight excluding hydrogens is 564 g/mol. The summed E-state index contributed by atoms with van der Waals surface area (Å²) < 4.78 is 55.5. The highest BCUT2D eigenvalue weighted by molar-refractivity contribution is 7.89. The molecule has 0 unspecified atom stereocenters. The van der Waals surface area contributed by atoms with Crippen LogP contribution in [0.4, 0.5) is 4.79 Å². The molecule has 5 atom stereocenters. The molecule has 2 aromatic carbocycles. The summed E-state index contributed by atoms with van der Waals surface area (Å²) >= 11 is 0. The standard InChI is InChI=1S/C30H44N2O9S/c1-21(2)18-32(42(35,36)25-13-11-24(37-4)12-14-25)19-27(33)26(17-23-9-7-6-8-10-23)31-30(34)40-16-15-39-29-22(3)28(38-5)20-41-29/h6-14,21-22,26-29,33H,15-20H2,1-5H3,(H,31,34)/t22-,26+,27-,28-,29+/m1/s1. The zero-order valence-corrected chi connectivity index (χ0v) is 25.8. The van der Waals surface area contributed by atoms with Crippen LogP contribution in [0.3, 0.4) is 0 Å². The highest BCUT2D eigenvalue weighted by atomic mass is 32.2. The second kappa shape index (κ2) is 16.2. The first kappa shape index (κ1) is 33.8. The van der Waals surface area contributed by atoms with Gasteiger partial charge in [-0.3, -0.25) is 0 Å². The Hall–Kier alpha value is -2.74. The maximum absolute atomic E-state index is 13.6. The van der Waals surface area contributed by atoms with E-state index >= 15 is 0 Å². The fraction of sp³-hybridized carbons (Fsp3) is 0.567. The van der Waals surface area contributed by atoms with E-state index in [2.05, 4.69) is 5.32 Å². The average molecular weight is 609 g/mol. The first-order chi connectivity index (χ1) is 20.0. The monoisotopic (exact) mass is 608 g/mol. The fourth-order valence-electron chi connectivity index (χ4n) is 4.70. The van der Waals surface area contributed by atoms with E-state index in [1.54, 1.807) is 19.2 Å². The summed E-state index contributed by atoms with van der Waals surface area (Å²) in [6.45, 7) is 6.23. The number of sulfonamides is 1. The van der Waals surface area contributed by atoms with Crippen LogP contribution < -0.4 is 10.1 Å². The van der Waals surface area contributed by atoms with Crippen LogP contribution in [0.25, 0.3) is 0 Å². The Morgan fingerprint density at radius 3 is 2.36 bits per heavy atom. The summed E-state index contributed by atoms with van der Waals surface area (Å²) in [5.74, 6) is 0.559. The number of methoxy groups -OCH3 is 2. The van der Waals surface area contributed by atoms with E-state index in [1.165, 1.54) is 23.5 Å². The molecule has 0 aliphatic carbocycles. The number of aliphatic hydroxyl groups is 1. The smallest absolute Gasteiger partial charge is 0.407 e. The molecule has 0 spiro atoms. The van der Waals surface area contributed by atoms with Crippen LogP contribution in [0.2, 0.25) is 0 Å². The highest BCUT2D eigenvalue weighted by Crippen LogP contribution is 2.24. The quantitative estimate of drug-likeness (QED) is 0.276. The van der Waals surface area contributed by atoms with E-state index in [0.717, 1.165) is 5.56 Å². The van der Waals surface area contributed by atoms with Gasteiger partial charge in [0.15, 0.2) is 6.29 Å². The number of hydrogen-bond acceptors (Lipinski definition) is 9. The topological polar surface area (TPSA) is 133 Å². The van der Waals surface area contributed by atoms with Crippen molar-refractivity contribution in [3.05, 3.63) is 60.2 Å². The zero-order chi connectivity index (χ0) is 30.7. The molecule has 1 heterocycles. The molecule has 3 rings (SSSR count). The summed E-state index contributed by atoms with van der Waals surface area (Å²) in [6.07, 6.45) is -2.23. The molecule has 12 heteroatoms. The Balaban J connectivity index is 1.67. The van der Waals surface area contributed by atoms with Gasteiger partial charge in [-0.1, -0.05) is 51.1 Å². The molecule has 1 aliphatic rings. The number of carbonyl (C=O) groups excluding carboxylic acids is 1. The molecule has 0 radical (unpaired) electrons. The van der Waals surface area contributed by atoms with Crippen LogP contribution in [0.1, 0.15) is 26.3 Å². The van der Waals surface area contributed by atoms with E-state index in [4.69, 9.17) is 23.7 Å². The number of carbonyl (C=O) groups is 1. The first-order valence-corrected chi connectivity index (χ1v) is 15.5. The normalized spacial score (nSPS) is 20.4. The van der Waals surface area contributed by atoms with Gasteiger partial charge in [-0.15, -0.1) is 0 Å². The van der Waals surface area contributed by atoms with Crippen LogP contribution >= 0.6 is 0 Å². The molecule has 0 saturated carbocycles. The lowest BCUT2D eigenvalue weighted by atomic mass is 10.0. The van der Waals surface area contributed by atoms with Gasteiger partial charge in [0.2, 0.25) is 10.0 Å². The second-order valence-electron chi connectivity index (χ2n) is 10.7. The fourth-order valence-corrected chi connectivity index (χ4v) is 6.33. The van der Waals surface area contributed by atoms with E-state index < -0.39 is 34.6 Å². The van der Waals surface area contributed by atoms with Gasteiger partial charge in [0, 0.05) is 26.1 Å². The van der Waals surface area contributed by atoms with Gasteiger partial charge in [0.25, 0.3) is 0 Å². The Labute approximate surface area is 249 Å². The van der Waals surface area contributed by atoms with Crippen molar-refractivity contribution in [2.24, 2.45) is 11.8 Å². The number of nitrogens with zero attached hydrogens (tertiary/aromatic N) is 1. The summed E-state index contributed by atoms with van der Waals surface area (Å²) in [4.78, 5) is 12.8. The van der Waals surface area contributed by atoms with E-state index in [1.807, 2.05) is 51.1 Å². The van der Waals surface area contributed by atoms with Crippen LogP contribution in [0.15, 0.2) is 59.5 Å².